The molecule has 1 aliphatic rings. The van der Waals surface area contributed by atoms with E-state index in [1.165, 1.54) is 0 Å². The van der Waals surface area contributed by atoms with Crippen molar-refractivity contribution >= 4 is 12.0 Å². The van der Waals surface area contributed by atoms with Gasteiger partial charge in [-0.1, -0.05) is 0 Å². The van der Waals surface area contributed by atoms with Crippen molar-refractivity contribution < 1.29 is 24.5 Å². The van der Waals surface area contributed by atoms with Gasteiger partial charge in [-0.2, -0.15) is 0 Å². The fourth-order valence-electron chi connectivity index (χ4n) is 1.14. The highest BCUT2D eigenvalue weighted by molar-refractivity contribution is 5.93. The SMILES string of the molecule is O=C1CCCN1C(=O)OCC(O)CO. The van der Waals surface area contributed by atoms with Crippen molar-refractivity contribution in [1.82, 2.24) is 4.90 Å². The molecule has 1 atom stereocenters. The lowest BCUT2D eigenvalue weighted by Gasteiger charge is -2.14. The molecule has 1 rings (SSSR count). The molecule has 0 aromatic heterocycles. The summed E-state index contributed by atoms with van der Waals surface area (Å²) in [5, 5.41) is 17.3. The van der Waals surface area contributed by atoms with E-state index in [9.17, 15) is 9.59 Å². The Bertz CT molecular complexity index is 230. The monoisotopic (exact) mass is 203 g/mol. The van der Waals surface area contributed by atoms with Crippen molar-refractivity contribution in [3.05, 3.63) is 0 Å². The van der Waals surface area contributed by atoms with Crippen LogP contribution in [-0.4, -0.2) is 53.0 Å². The van der Waals surface area contributed by atoms with Crippen molar-refractivity contribution in [3.63, 3.8) is 0 Å². The van der Waals surface area contributed by atoms with Crippen LogP contribution in [-0.2, 0) is 9.53 Å². The largest absolute Gasteiger partial charge is 0.446 e. The zero-order valence-corrected chi connectivity index (χ0v) is 7.68. The van der Waals surface area contributed by atoms with Gasteiger partial charge >= 0.3 is 6.09 Å². The third-order valence-corrected chi connectivity index (χ3v) is 1.90. The van der Waals surface area contributed by atoms with Crippen molar-refractivity contribution in [3.8, 4) is 0 Å². The van der Waals surface area contributed by atoms with Crippen LogP contribution in [0.3, 0.4) is 0 Å². The molecule has 1 heterocycles. The molecular weight excluding hydrogens is 190 g/mol. The first-order chi connectivity index (χ1) is 6.65. The summed E-state index contributed by atoms with van der Waals surface area (Å²) in [7, 11) is 0. The first-order valence-corrected chi connectivity index (χ1v) is 4.41. The zero-order valence-electron chi connectivity index (χ0n) is 7.68. The van der Waals surface area contributed by atoms with Gasteiger partial charge in [-0.15, -0.1) is 0 Å². The molecule has 2 N–H and O–H groups in total. The van der Waals surface area contributed by atoms with Crippen molar-refractivity contribution in [2.24, 2.45) is 0 Å². The van der Waals surface area contributed by atoms with E-state index in [0.717, 1.165) is 4.90 Å². The molecule has 0 bridgehead atoms. The Kier molecular flexibility index (Phi) is 3.84. The van der Waals surface area contributed by atoms with Crippen LogP contribution in [0.1, 0.15) is 12.8 Å². The number of likely N-dealkylation sites (tertiary alicyclic amines) is 1. The molecule has 6 heteroatoms. The number of carbonyl (C=O) groups excluding carboxylic acids is 2. The third-order valence-electron chi connectivity index (χ3n) is 1.90. The highest BCUT2D eigenvalue weighted by Crippen LogP contribution is 2.10. The molecule has 0 saturated carbocycles. The zero-order chi connectivity index (χ0) is 10.6. The normalized spacial score (nSPS) is 18.4. The number of amides is 2. The van der Waals surface area contributed by atoms with Crippen molar-refractivity contribution in [2.45, 2.75) is 18.9 Å². The van der Waals surface area contributed by atoms with Gasteiger partial charge in [0.2, 0.25) is 5.91 Å². The second-order valence-corrected chi connectivity index (χ2v) is 3.06. The topological polar surface area (TPSA) is 87.1 Å². The molecule has 0 radical (unpaired) electrons. The van der Waals surface area contributed by atoms with Crippen LogP contribution in [0.25, 0.3) is 0 Å². The van der Waals surface area contributed by atoms with E-state index in [0.29, 0.717) is 19.4 Å². The number of carbonyl (C=O) groups is 2. The number of imide groups is 1. The summed E-state index contributed by atoms with van der Waals surface area (Å²) < 4.78 is 4.61. The minimum Gasteiger partial charge on any atom is -0.446 e. The highest BCUT2D eigenvalue weighted by atomic mass is 16.6. The summed E-state index contributed by atoms with van der Waals surface area (Å²) in [6, 6.07) is 0. The molecule has 14 heavy (non-hydrogen) atoms. The fourth-order valence-corrected chi connectivity index (χ4v) is 1.14. The van der Waals surface area contributed by atoms with Gasteiger partial charge in [0.25, 0.3) is 0 Å². The Labute approximate surface area is 81.1 Å². The molecule has 1 saturated heterocycles. The molecule has 2 amide bonds. The lowest BCUT2D eigenvalue weighted by atomic mass is 10.4. The predicted octanol–water partition coefficient (Wildman–Crippen LogP) is -0.901. The number of aliphatic hydroxyl groups is 2. The van der Waals surface area contributed by atoms with Gasteiger partial charge in [-0.05, 0) is 6.42 Å². The van der Waals surface area contributed by atoms with Crippen LogP contribution >= 0.6 is 0 Å². The summed E-state index contributed by atoms with van der Waals surface area (Å²) in [6.45, 7) is -0.396. The van der Waals surface area contributed by atoms with E-state index in [2.05, 4.69) is 4.74 Å². The molecule has 0 aliphatic carbocycles. The van der Waals surface area contributed by atoms with Crippen molar-refractivity contribution in [1.29, 1.82) is 0 Å². The minimum absolute atomic E-state index is 0.256. The van der Waals surface area contributed by atoms with Crippen LogP contribution in [0.2, 0.25) is 0 Å². The van der Waals surface area contributed by atoms with E-state index in [4.69, 9.17) is 10.2 Å². The summed E-state index contributed by atoms with van der Waals surface area (Å²) in [6.07, 6.45) is -0.828. The third kappa shape index (κ3) is 2.68. The highest BCUT2D eigenvalue weighted by Gasteiger charge is 2.27. The molecule has 0 aromatic carbocycles. The summed E-state index contributed by atoms with van der Waals surface area (Å²) >= 11 is 0. The quantitative estimate of drug-likeness (QED) is 0.620. The number of rotatable bonds is 3. The first kappa shape index (κ1) is 10.9. The molecule has 80 valence electrons. The van der Waals surface area contributed by atoms with Gasteiger partial charge in [0, 0.05) is 13.0 Å². The first-order valence-electron chi connectivity index (χ1n) is 4.41. The van der Waals surface area contributed by atoms with Gasteiger partial charge in [-0.3, -0.25) is 4.79 Å². The smallest absolute Gasteiger partial charge is 0.416 e. The molecule has 1 fully saturated rings. The summed E-state index contributed by atoms with van der Waals surface area (Å²) in [5.41, 5.74) is 0. The Morgan fingerprint density at radius 1 is 1.64 bits per heavy atom. The number of aliphatic hydroxyl groups excluding tert-OH is 2. The molecular formula is C8H13NO5. The fraction of sp³-hybridized carbons (Fsp3) is 0.750. The van der Waals surface area contributed by atoms with E-state index in [1.807, 2.05) is 0 Å². The predicted molar refractivity (Wildman–Crippen MR) is 45.4 cm³/mol. The lowest BCUT2D eigenvalue weighted by Crippen LogP contribution is -2.34. The van der Waals surface area contributed by atoms with E-state index < -0.39 is 18.8 Å². The Balaban J connectivity index is 2.31. The second kappa shape index (κ2) is 4.92. The van der Waals surface area contributed by atoms with Crippen LogP contribution in [0.15, 0.2) is 0 Å². The standard InChI is InChI=1S/C8H13NO5/c10-4-6(11)5-14-8(13)9-3-1-2-7(9)12/h6,10-11H,1-5H2. The average Bonchev–Trinajstić information content (AvgIpc) is 2.60. The maximum absolute atomic E-state index is 11.2. The van der Waals surface area contributed by atoms with E-state index in [1.54, 1.807) is 0 Å². The minimum atomic E-state index is -1.09. The number of hydrogen-bond acceptors (Lipinski definition) is 5. The molecule has 1 aliphatic heterocycles. The molecule has 6 nitrogen and oxygen atoms in total. The Morgan fingerprint density at radius 3 is 2.86 bits per heavy atom. The summed E-state index contributed by atoms with van der Waals surface area (Å²) in [4.78, 5) is 23.2. The maximum Gasteiger partial charge on any atom is 0.416 e. The van der Waals surface area contributed by atoms with Gasteiger partial charge in [0.1, 0.15) is 12.7 Å². The second-order valence-electron chi connectivity index (χ2n) is 3.06. The van der Waals surface area contributed by atoms with Crippen LogP contribution in [0, 0.1) is 0 Å². The van der Waals surface area contributed by atoms with Gasteiger partial charge in [-0.25, -0.2) is 9.69 Å². The molecule has 0 spiro atoms. The van der Waals surface area contributed by atoms with Gasteiger partial charge in [0.05, 0.1) is 6.61 Å². The average molecular weight is 203 g/mol. The van der Waals surface area contributed by atoms with Crippen molar-refractivity contribution in [2.75, 3.05) is 19.8 Å². The lowest BCUT2D eigenvalue weighted by molar-refractivity contribution is -0.126. The van der Waals surface area contributed by atoms with Crippen LogP contribution in [0.4, 0.5) is 4.79 Å². The molecule has 1 unspecified atom stereocenters. The Hall–Kier alpha value is -1.14. The van der Waals surface area contributed by atoms with Gasteiger partial charge in [0.15, 0.2) is 0 Å². The van der Waals surface area contributed by atoms with E-state index >= 15 is 0 Å². The van der Waals surface area contributed by atoms with Crippen LogP contribution < -0.4 is 0 Å². The van der Waals surface area contributed by atoms with E-state index in [-0.39, 0.29) is 12.5 Å². The molecule has 0 aromatic rings. The number of nitrogens with zero attached hydrogens (tertiary/aromatic N) is 1. The van der Waals surface area contributed by atoms with Gasteiger partial charge < -0.3 is 14.9 Å². The van der Waals surface area contributed by atoms with Crippen LogP contribution in [0.5, 0.6) is 0 Å². The Morgan fingerprint density at radius 2 is 2.36 bits per heavy atom. The number of ether oxygens (including phenoxy) is 1. The maximum atomic E-state index is 11.2. The number of hydrogen-bond donors (Lipinski definition) is 2. The summed E-state index contributed by atoms with van der Waals surface area (Å²) in [5.74, 6) is -0.256.